The van der Waals surface area contributed by atoms with Crippen molar-refractivity contribution in [2.75, 3.05) is 40.9 Å². The summed E-state index contributed by atoms with van der Waals surface area (Å²) in [6.07, 6.45) is 60.6. The molecule has 1 amide bonds. The molecule has 0 bridgehead atoms. The maximum atomic E-state index is 12.9. The first-order valence-corrected chi connectivity index (χ1v) is 28.5. The topological polar surface area (TPSA) is 105 Å². The molecular formula is C55H106N2O6P+. The molecule has 9 heteroatoms. The first kappa shape index (κ1) is 62.5. The average Bonchev–Trinajstić information content (AvgIpc) is 3.25. The number of hydrogen-bond acceptors (Lipinski definition) is 5. The highest BCUT2D eigenvalue weighted by atomic mass is 31.2. The van der Waals surface area contributed by atoms with Gasteiger partial charge in [0.25, 0.3) is 0 Å². The Hall–Kier alpha value is -1.54. The fourth-order valence-corrected chi connectivity index (χ4v) is 8.47. The number of allylic oxidation sites excluding steroid dienone is 7. The standard InChI is InChI=1S/C55H105N2O6P/c1-6-8-10-12-14-16-18-20-22-24-26-27-28-29-30-31-32-34-36-38-40-42-44-46-48-54(58)53(52-63-64(60,61)62-51-50-57(3,4)5)56-55(59)49-47-45-43-41-39-37-35-33-25-23-21-19-17-15-13-11-9-7-2/h17,19,23,25,38,40,46,48,53-54,58H,6-16,18,20-22,24,26-37,39,41-45,47,49-52H2,1-5H3,(H-,56,59,60,61)/p+1/b19-17-,25-23-,40-38+,48-46+. The van der Waals surface area contributed by atoms with E-state index >= 15 is 0 Å². The van der Waals surface area contributed by atoms with Crippen LogP contribution in [0.1, 0.15) is 245 Å². The number of hydrogen-bond donors (Lipinski definition) is 3. The molecule has 0 aromatic heterocycles. The number of carbonyl (C=O) groups is 1. The zero-order valence-corrected chi connectivity index (χ0v) is 43.7. The summed E-state index contributed by atoms with van der Waals surface area (Å²) in [5.41, 5.74) is 0. The fraction of sp³-hybridized carbons (Fsp3) is 0.836. The van der Waals surface area contributed by atoms with Gasteiger partial charge < -0.3 is 19.8 Å². The van der Waals surface area contributed by atoms with Crippen molar-refractivity contribution in [3.8, 4) is 0 Å². The Balaban J connectivity index is 4.32. The molecule has 3 atom stereocenters. The van der Waals surface area contributed by atoms with Gasteiger partial charge in [-0.2, -0.15) is 0 Å². The zero-order valence-electron chi connectivity index (χ0n) is 42.8. The van der Waals surface area contributed by atoms with Crippen LogP contribution >= 0.6 is 7.82 Å². The van der Waals surface area contributed by atoms with Gasteiger partial charge in [0.15, 0.2) is 0 Å². The normalized spacial score (nSPS) is 14.4. The number of likely N-dealkylation sites (N-methyl/N-ethyl adjacent to an activating group) is 1. The number of aliphatic hydroxyl groups excluding tert-OH is 1. The highest BCUT2D eigenvalue weighted by Crippen LogP contribution is 2.43. The van der Waals surface area contributed by atoms with Gasteiger partial charge >= 0.3 is 7.82 Å². The summed E-state index contributed by atoms with van der Waals surface area (Å²) in [4.78, 5) is 23.2. The summed E-state index contributed by atoms with van der Waals surface area (Å²) in [7, 11) is 1.55. The van der Waals surface area contributed by atoms with Crippen molar-refractivity contribution in [2.45, 2.75) is 257 Å². The molecule has 3 unspecified atom stereocenters. The third-order valence-electron chi connectivity index (χ3n) is 12.0. The van der Waals surface area contributed by atoms with Crippen LogP contribution in [0.2, 0.25) is 0 Å². The predicted molar refractivity (Wildman–Crippen MR) is 277 cm³/mol. The van der Waals surface area contributed by atoms with E-state index in [4.69, 9.17) is 9.05 Å². The maximum Gasteiger partial charge on any atom is 0.472 e. The van der Waals surface area contributed by atoms with Gasteiger partial charge in [0.05, 0.1) is 39.9 Å². The van der Waals surface area contributed by atoms with E-state index in [1.165, 1.54) is 173 Å². The van der Waals surface area contributed by atoms with Gasteiger partial charge in [0.1, 0.15) is 13.2 Å². The Bertz CT molecular complexity index is 1180. The molecule has 0 saturated heterocycles. The fourth-order valence-electron chi connectivity index (χ4n) is 7.74. The Kier molecular flexibility index (Phi) is 45.4. The molecule has 8 nitrogen and oxygen atoms in total. The van der Waals surface area contributed by atoms with Gasteiger partial charge in [-0.1, -0.05) is 223 Å². The van der Waals surface area contributed by atoms with E-state index in [1.807, 2.05) is 27.2 Å². The third kappa shape index (κ3) is 48.4. The summed E-state index contributed by atoms with van der Waals surface area (Å²) in [5, 5.41) is 13.9. The van der Waals surface area contributed by atoms with E-state index < -0.39 is 20.0 Å². The van der Waals surface area contributed by atoms with Gasteiger partial charge in [0, 0.05) is 6.42 Å². The van der Waals surface area contributed by atoms with Crippen molar-refractivity contribution >= 4 is 13.7 Å². The number of nitrogens with one attached hydrogen (secondary N) is 1. The predicted octanol–water partition coefficient (Wildman–Crippen LogP) is 16.0. The van der Waals surface area contributed by atoms with Gasteiger partial charge in [-0.3, -0.25) is 13.8 Å². The molecule has 0 aliphatic carbocycles. The first-order valence-electron chi connectivity index (χ1n) is 27.0. The van der Waals surface area contributed by atoms with E-state index in [-0.39, 0.29) is 19.1 Å². The largest absolute Gasteiger partial charge is 0.472 e. The number of unbranched alkanes of at least 4 members (excludes halogenated alkanes) is 30. The molecule has 0 spiro atoms. The Morgan fingerprint density at radius 1 is 0.531 bits per heavy atom. The van der Waals surface area contributed by atoms with Crippen LogP contribution < -0.4 is 5.32 Å². The minimum Gasteiger partial charge on any atom is -0.387 e. The average molecular weight is 922 g/mol. The van der Waals surface area contributed by atoms with E-state index in [9.17, 15) is 19.4 Å². The minimum atomic E-state index is -4.36. The van der Waals surface area contributed by atoms with E-state index in [0.717, 1.165) is 51.4 Å². The number of quaternary nitrogens is 1. The lowest BCUT2D eigenvalue weighted by Crippen LogP contribution is -2.45. The molecule has 0 aromatic rings. The van der Waals surface area contributed by atoms with Gasteiger partial charge in [0.2, 0.25) is 5.91 Å². The monoisotopic (exact) mass is 922 g/mol. The highest BCUT2D eigenvalue weighted by Gasteiger charge is 2.27. The lowest BCUT2D eigenvalue weighted by molar-refractivity contribution is -0.870. The summed E-state index contributed by atoms with van der Waals surface area (Å²) < 4.78 is 23.6. The minimum absolute atomic E-state index is 0.0536. The molecule has 0 aromatic carbocycles. The number of nitrogens with zero attached hydrogens (tertiary/aromatic N) is 1. The van der Waals surface area contributed by atoms with Crippen molar-refractivity contribution in [3.63, 3.8) is 0 Å². The second-order valence-electron chi connectivity index (χ2n) is 19.6. The lowest BCUT2D eigenvalue weighted by Gasteiger charge is -2.25. The number of carbonyl (C=O) groups excluding carboxylic acids is 1. The van der Waals surface area contributed by atoms with Crippen molar-refractivity contribution in [3.05, 3.63) is 48.6 Å². The number of phosphoric ester groups is 1. The van der Waals surface area contributed by atoms with Gasteiger partial charge in [-0.15, -0.1) is 0 Å². The molecule has 0 rings (SSSR count). The second-order valence-corrected chi connectivity index (χ2v) is 21.0. The van der Waals surface area contributed by atoms with E-state index in [2.05, 4.69) is 55.6 Å². The molecule has 64 heavy (non-hydrogen) atoms. The van der Waals surface area contributed by atoms with Crippen molar-refractivity contribution in [2.24, 2.45) is 0 Å². The van der Waals surface area contributed by atoms with Crippen molar-refractivity contribution in [1.82, 2.24) is 5.32 Å². The van der Waals surface area contributed by atoms with E-state index in [0.29, 0.717) is 17.4 Å². The lowest BCUT2D eigenvalue weighted by atomic mass is 10.0. The van der Waals surface area contributed by atoms with Crippen LogP contribution in [0.3, 0.4) is 0 Å². The molecule has 376 valence electrons. The molecule has 0 aliphatic heterocycles. The summed E-state index contributed by atoms with van der Waals surface area (Å²) in [6.45, 7) is 4.79. The van der Waals surface area contributed by atoms with E-state index in [1.54, 1.807) is 6.08 Å². The molecular weight excluding hydrogens is 816 g/mol. The van der Waals surface area contributed by atoms with Crippen LogP contribution in [0.25, 0.3) is 0 Å². The number of rotatable bonds is 49. The quantitative estimate of drug-likeness (QED) is 0.0243. The highest BCUT2D eigenvalue weighted by molar-refractivity contribution is 7.47. The van der Waals surface area contributed by atoms with Crippen LogP contribution in [-0.2, 0) is 18.4 Å². The molecule has 0 fully saturated rings. The van der Waals surface area contributed by atoms with Crippen LogP contribution in [-0.4, -0.2) is 73.4 Å². The molecule has 0 aliphatic rings. The van der Waals surface area contributed by atoms with Crippen LogP contribution in [0.5, 0.6) is 0 Å². The Labute approximate surface area is 397 Å². The molecule has 0 radical (unpaired) electrons. The summed E-state index contributed by atoms with van der Waals surface area (Å²) >= 11 is 0. The van der Waals surface area contributed by atoms with Crippen LogP contribution in [0.4, 0.5) is 0 Å². The molecule has 0 saturated carbocycles. The molecule has 0 heterocycles. The first-order chi connectivity index (χ1) is 31.0. The summed E-state index contributed by atoms with van der Waals surface area (Å²) in [5.74, 6) is -0.194. The van der Waals surface area contributed by atoms with Crippen LogP contribution in [0.15, 0.2) is 48.6 Å². The van der Waals surface area contributed by atoms with Crippen molar-refractivity contribution in [1.29, 1.82) is 0 Å². The smallest absolute Gasteiger partial charge is 0.387 e. The number of amides is 1. The third-order valence-corrected chi connectivity index (χ3v) is 13.0. The molecule has 3 N–H and O–H groups in total. The number of aliphatic hydroxyl groups is 1. The van der Waals surface area contributed by atoms with Gasteiger partial charge in [-0.25, -0.2) is 4.57 Å². The van der Waals surface area contributed by atoms with Gasteiger partial charge in [-0.05, 0) is 64.2 Å². The van der Waals surface area contributed by atoms with Crippen molar-refractivity contribution < 1.29 is 32.9 Å². The Morgan fingerprint density at radius 3 is 1.36 bits per heavy atom. The maximum absolute atomic E-state index is 12.9. The second kappa shape index (κ2) is 46.6. The Morgan fingerprint density at radius 2 is 0.906 bits per heavy atom. The van der Waals surface area contributed by atoms with Crippen LogP contribution in [0, 0.1) is 0 Å². The SMILES string of the molecule is CCCCCC/C=C\C/C=C\CCCCCCCCCC(=O)NC(COP(=O)(O)OCC[N+](C)(C)C)C(O)/C=C/CC/C=C/CCCCCCCCCCCCCCCCCCCC. The zero-order chi connectivity index (χ0) is 47.1. The number of phosphoric acid groups is 1. The summed E-state index contributed by atoms with van der Waals surface area (Å²) in [6, 6.07) is -0.869.